The molecule has 2 rings (SSSR count). The van der Waals surface area contributed by atoms with Crippen LogP contribution in [0.2, 0.25) is 15.1 Å². The van der Waals surface area contributed by atoms with Crippen molar-refractivity contribution in [2.45, 2.75) is 13.0 Å². The number of benzene rings is 2. The first kappa shape index (κ1) is 19.4. The average molecular weight is 403 g/mol. The summed E-state index contributed by atoms with van der Waals surface area (Å²) >= 11 is 17.6. The standard InChI is InChI=1S/C17H14Cl3NO4/c1-10(25-11-5-3-2-4-6-11)17(23)24-9-16(22)21-15-8-13(19)12(18)7-14(15)20/h2-8,10H,9H2,1H3,(H,21,22)/t10-/m1/s1. The second-order valence-corrected chi connectivity index (χ2v) is 6.20. The zero-order valence-electron chi connectivity index (χ0n) is 13.1. The van der Waals surface area contributed by atoms with Gasteiger partial charge in [-0.1, -0.05) is 53.0 Å². The van der Waals surface area contributed by atoms with Gasteiger partial charge in [-0.05, 0) is 31.2 Å². The molecular weight excluding hydrogens is 389 g/mol. The summed E-state index contributed by atoms with van der Waals surface area (Å²) in [6, 6.07) is 11.6. The number of anilines is 1. The first-order valence-corrected chi connectivity index (χ1v) is 8.33. The van der Waals surface area contributed by atoms with Gasteiger partial charge in [0.25, 0.3) is 5.91 Å². The van der Waals surface area contributed by atoms with Crippen molar-refractivity contribution in [2.24, 2.45) is 0 Å². The lowest BCUT2D eigenvalue weighted by molar-refractivity contribution is -0.153. The SMILES string of the molecule is C[C@@H](Oc1ccccc1)C(=O)OCC(=O)Nc1cc(Cl)c(Cl)cc1Cl. The van der Waals surface area contributed by atoms with Crippen LogP contribution in [0.3, 0.4) is 0 Å². The number of carbonyl (C=O) groups excluding carboxylic acids is 2. The molecule has 0 aromatic heterocycles. The fourth-order valence-electron chi connectivity index (χ4n) is 1.81. The summed E-state index contributed by atoms with van der Waals surface area (Å²) in [5.74, 6) is -0.709. The maximum Gasteiger partial charge on any atom is 0.347 e. The molecule has 0 saturated heterocycles. The second kappa shape index (κ2) is 8.94. The molecule has 1 N–H and O–H groups in total. The van der Waals surface area contributed by atoms with Gasteiger partial charge in [0.05, 0.1) is 20.8 Å². The summed E-state index contributed by atoms with van der Waals surface area (Å²) in [6.45, 7) is 1.04. The molecule has 25 heavy (non-hydrogen) atoms. The zero-order valence-corrected chi connectivity index (χ0v) is 15.4. The highest BCUT2D eigenvalue weighted by molar-refractivity contribution is 6.44. The van der Waals surface area contributed by atoms with E-state index in [1.165, 1.54) is 19.1 Å². The Labute approximate surface area is 159 Å². The quantitative estimate of drug-likeness (QED) is 0.567. The van der Waals surface area contributed by atoms with Crippen LogP contribution >= 0.6 is 34.8 Å². The van der Waals surface area contributed by atoms with Crippen molar-refractivity contribution in [2.75, 3.05) is 11.9 Å². The number of halogens is 3. The van der Waals surface area contributed by atoms with Crippen LogP contribution in [0.25, 0.3) is 0 Å². The number of ether oxygens (including phenoxy) is 2. The number of nitrogens with one attached hydrogen (secondary N) is 1. The van der Waals surface area contributed by atoms with E-state index in [1.807, 2.05) is 6.07 Å². The van der Waals surface area contributed by atoms with Crippen molar-refractivity contribution in [1.29, 1.82) is 0 Å². The first-order valence-electron chi connectivity index (χ1n) is 7.19. The first-order chi connectivity index (χ1) is 11.9. The predicted molar refractivity (Wildman–Crippen MR) is 97.6 cm³/mol. The minimum absolute atomic E-state index is 0.217. The Morgan fingerprint density at radius 2 is 1.68 bits per heavy atom. The Balaban J connectivity index is 1.85. The largest absolute Gasteiger partial charge is 0.479 e. The lowest BCUT2D eigenvalue weighted by Gasteiger charge is -2.14. The van der Waals surface area contributed by atoms with E-state index in [0.29, 0.717) is 5.75 Å². The van der Waals surface area contributed by atoms with E-state index in [-0.39, 0.29) is 20.8 Å². The Bertz CT molecular complexity index is 768. The predicted octanol–water partition coefficient (Wildman–Crippen LogP) is 4.60. The van der Waals surface area contributed by atoms with Crippen molar-refractivity contribution < 1.29 is 19.1 Å². The van der Waals surface area contributed by atoms with Gasteiger partial charge in [-0.2, -0.15) is 0 Å². The van der Waals surface area contributed by atoms with Gasteiger partial charge in [0.2, 0.25) is 0 Å². The maximum atomic E-state index is 11.9. The van der Waals surface area contributed by atoms with Gasteiger partial charge < -0.3 is 14.8 Å². The molecule has 5 nitrogen and oxygen atoms in total. The summed E-state index contributed by atoms with van der Waals surface area (Å²) < 4.78 is 10.3. The number of rotatable bonds is 6. The molecule has 0 aliphatic carbocycles. The number of hydrogen-bond donors (Lipinski definition) is 1. The molecule has 2 aromatic carbocycles. The molecular formula is C17H14Cl3NO4. The van der Waals surface area contributed by atoms with E-state index < -0.39 is 24.6 Å². The van der Waals surface area contributed by atoms with E-state index in [4.69, 9.17) is 44.3 Å². The third-order valence-electron chi connectivity index (χ3n) is 3.02. The number of amides is 1. The van der Waals surface area contributed by atoms with Crippen LogP contribution in [0.1, 0.15) is 6.92 Å². The molecule has 0 unspecified atom stereocenters. The molecule has 0 fully saturated rings. The number of hydrogen-bond acceptors (Lipinski definition) is 4. The van der Waals surface area contributed by atoms with E-state index in [2.05, 4.69) is 5.32 Å². The Hall–Kier alpha value is -1.95. The van der Waals surface area contributed by atoms with Crippen LogP contribution in [0.4, 0.5) is 5.69 Å². The third-order valence-corrected chi connectivity index (χ3v) is 4.05. The summed E-state index contributed by atoms with van der Waals surface area (Å²) in [6.07, 6.45) is -0.858. The summed E-state index contributed by atoms with van der Waals surface area (Å²) in [5.41, 5.74) is 0.269. The van der Waals surface area contributed by atoms with Crippen LogP contribution < -0.4 is 10.1 Å². The van der Waals surface area contributed by atoms with E-state index in [1.54, 1.807) is 24.3 Å². The maximum absolute atomic E-state index is 11.9. The molecule has 2 aromatic rings. The molecule has 0 radical (unpaired) electrons. The van der Waals surface area contributed by atoms with Gasteiger partial charge >= 0.3 is 5.97 Å². The van der Waals surface area contributed by atoms with E-state index in [0.717, 1.165) is 0 Å². The normalized spacial score (nSPS) is 11.5. The summed E-state index contributed by atoms with van der Waals surface area (Å²) in [4.78, 5) is 23.8. The highest BCUT2D eigenvalue weighted by Crippen LogP contribution is 2.32. The van der Waals surface area contributed by atoms with Crippen molar-refractivity contribution in [1.82, 2.24) is 0 Å². The zero-order chi connectivity index (χ0) is 18.4. The van der Waals surface area contributed by atoms with Gasteiger partial charge in [-0.15, -0.1) is 0 Å². The number of esters is 1. The van der Waals surface area contributed by atoms with Crippen LogP contribution in [0.15, 0.2) is 42.5 Å². The van der Waals surface area contributed by atoms with Crippen LogP contribution in [0, 0.1) is 0 Å². The molecule has 1 atom stereocenters. The highest BCUT2D eigenvalue weighted by Gasteiger charge is 2.18. The van der Waals surface area contributed by atoms with Gasteiger partial charge in [-0.3, -0.25) is 4.79 Å². The lowest BCUT2D eigenvalue weighted by Crippen LogP contribution is -2.29. The molecule has 0 spiro atoms. The van der Waals surface area contributed by atoms with Gasteiger partial charge in [-0.25, -0.2) is 4.79 Å². The Kier molecular flexibility index (Phi) is 6.93. The van der Waals surface area contributed by atoms with Crippen molar-refractivity contribution >= 4 is 52.4 Å². The lowest BCUT2D eigenvalue weighted by atomic mass is 10.3. The van der Waals surface area contributed by atoms with Crippen LogP contribution in [0.5, 0.6) is 5.75 Å². The number of para-hydroxylation sites is 1. The fourth-order valence-corrected chi connectivity index (χ4v) is 2.40. The Morgan fingerprint density at radius 1 is 1.04 bits per heavy atom. The summed E-state index contributed by atoms with van der Waals surface area (Å²) in [7, 11) is 0. The molecule has 1 amide bonds. The minimum Gasteiger partial charge on any atom is -0.479 e. The molecule has 0 bridgehead atoms. The van der Waals surface area contributed by atoms with Gasteiger partial charge in [0, 0.05) is 0 Å². The second-order valence-electron chi connectivity index (χ2n) is 4.98. The van der Waals surface area contributed by atoms with Crippen LogP contribution in [-0.4, -0.2) is 24.6 Å². The minimum atomic E-state index is -0.858. The van der Waals surface area contributed by atoms with E-state index in [9.17, 15) is 9.59 Å². The average Bonchev–Trinajstić information content (AvgIpc) is 2.58. The molecule has 0 aliphatic rings. The van der Waals surface area contributed by atoms with Crippen molar-refractivity contribution in [3.05, 3.63) is 57.5 Å². The summed E-state index contributed by atoms with van der Waals surface area (Å²) in [5, 5.41) is 3.21. The number of carbonyl (C=O) groups is 2. The fraction of sp³-hybridized carbons (Fsp3) is 0.176. The Morgan fingerprint density at radius 3 is 2.36 bits per heavy atom. The monoisotopic (exact) mass is 401 g/mol. The smallest absolute Gasteiger partial charge is 0.347 e. The van der Waals surface area contributed by atoms with Crippen LogP contribution in [-0.2, 0) is 14.3 Å². The molecule has 8 heteroatoms. The van der Waals surface area contributed by atoms with E-state index >= 15 is 0 Å². The topological polar surface area (TPSA) is 64.6 Å². The molecule has 0 saturated carbocycles. The van der Waals surface area contributed by atoms with Crippen molar-refractivity contribution in [3.63, 3.8) is 0 Å². The molecule has 0 aliphatic heterocycles. The molecule has 132 valence electrons. The van der Waals surface area contributed by atoms with Gasteiger partial charge in [0.15, 0.2) is 12.7 Å². The highest BCUT2D eigenvalue weighted by atomic mass is 35.5. The van der Waals surface area contributed by atoms with Gasteiger partial charge in [0.1, 0.15) is 5.75 Å². The third kappa shape index (κ3) is 5.81. The molecule has 0 heterocycles. The van der Waals surface area contributed by atoms with Crippen molar-refractivity contribution in [3.8, 4) is 5.75 Å².